The zero-order chi connectivity index (χ0) is 24.2. The van der Waals surface area contributed by atoms with E-state index >= 15 is 0 Å². The number of likely N-dealkylation sites (tertiary alicyclic amines) is 1. The number of urea groups is 1. The lowest BCUT2D eigenvalue weighted by atomic mass is 9.81. The summed E-state index contributed by atoms with van der Waals surface area (Å²) in [6.07, 6.45) is 3.77. The van der Waals surface area contributed by atoms with Crippen molar-refractivity contribution >= 4 is 28.6 Å². The second-order valence-corrected chi connectivity index (χ2v) is 10.3. The molecule has 4 rings (SSSR count). The molecule has 2 amide bonds. The Morgan fingerprint density at radius 3 is 2.53 bits per heavy atom. The van der Waals surface area contributed by atoms with Crippen LogP contribution in [0.3, 0.4) is 0 Å². The summed E-state index contributed by atoms with van der Waals surface area (Å²) >= 11 is 5.88. The topological polar surface area (TPSA) is 66.0 Å². The lowest BCUT2D eigenvalue weighted by Gasteiger charge is -2.42. The molecule has 1 aromatic carbocycles. The fraction of sp³-hybridized carbons (Fsp3) is 0.478. The first-order chi connectivity index (χ1) is 16.3. The van der Waals surface area contributed by atoms with Crippen molar-refractivity contribution in [3.05, 3.63) is 58.7 Å². The Morgan fingerprint density at radius 1 is 1.12 bits per heavy atom. The summed E-state index contributed by atoms with van der Waals surface area (Å²) in [7, 11) is -1.05. The minimum Gasteiger partial charge on any atom is -0.477 e. The number of benzene rings is 1. The second kappa shape index (κ2) is 11.0. The molecular weight excluding hydrogens is 486 g/mol. The highest BCUT2D eigenvalue weighted by atomic mass is 35.5. The van der Waals surface area contributed by atoms with Gasteiger partial charge in [0.25, 0.3) is 0 Å². The van der Waals surface area contributed by atoms with Gasteiger partial charge >= 0.3 is 6.03 Å². The summed E-state index contributed by atoms with van der Waals surface area (Å²) in [5, 5.41) is 0.504. The summed E-state index contributed by atoms with van der Waals surface area (Å²) in [6.45, 7) is 3.33. The predicted octanol–water partition coefficient (Wildman–Crippen LogP) is 3.53. The average Bonchev–Trinajstić information content (AvgIpc) is 2.85. The molecule has 2 unspecified atom stereocenters. The summed E-state index contributed by atoms with van der Waals surface area (Å²) in [4.78, 5) is 20.9. The normalized spacial score (nSPS) is 22.5. The molecule has 2 saturated heterocycles. The third-order valence-electron chi connectivity index (χ3n) is 6.42. The Hall–Kier alpha value is -2.30. The van der Waals surface area contributed by atoms with E-state index in [2.05, 4.69) is 4.98 Å². The Morgan fingerprint density at radius 2 is 1.88 bits per heavy atom. The lowest BCUT2D eigenvalue weighted by molar-refractivity contribution is 0.0962. The lowest BCUT2D eigenvalue weighted by Crippen LogP contribution is -2.55. The van der Waals surface area contributed by atoms with Gasteiger partial charge in [0.2, 0.25) is 5.88 Å². The Bertz CT molecular complexity index is 1040. The van der Waals surface area contributed by atoms with Crippen molar-refractivity contribution in [1.82, 2.24) is 19.1 Å². The highest BCUT2D eigenvalue weighted by Gasteiger charge is 2.36. The third kappa shape index (κ3) is 5.84. The van der Waals surface area contributed by atoms with Crippen molar-refractivity contribution in [3.8, 4) is 5.88 Å². The fourth-order valence-electron chi connectivity index (χ4n) is 4.47. The van der Waals surface area contributed by atoms with E-state index in [0.29, 0.717) is 68.8 Å². The van der Waals surface area contributed by atoms with Crippen LogP contribution in [-0.4, -0.2) is 81.5 Å². The van der Waals surface area contributed by atoms with E-state index in [0.717, 1.165) is 6.07 Å². The second-order valence-electron chi connectivity index (χ2n) is 8.52. The number of pyridine rings is 1. The fourth-order valence-corrected chi connectivity index (χ4v) is 5.26. The molecule has 2 aromatic rings. The van der Waals surface area contributed by atoms with Crippen LogP contribution < -0.4 is 4.74 Å². The number of piperidine rings is 1. The number of carbonyl (C=O) groups is 1. The van der Waals surface area contributed by atoms with E-state index in [-0.39, 0.29) is 17.9 Å². The molecule has 0 radical (unpaired) electrons. The van der Waals surface area contributed by atoms with E-state index in [1.54, 1.807) is 34.3 Å². The first-order valence-electron chi connectivity index (χ1n) is 11.1. The van der Waals surface area contributed by atoms with Crippen LogP contribution >= 0.6 is 11.6 Å². The first kappa shape index (κ1) is 24.8. The average molecular weight is 513 g/mol. The van der Waals surface area contributed by atoms with Gasteiger partial charge in [-0.05, 0) is 30.2 Å². The van der Waals surface area contributed by atoms with Gasteiger partial charge in [-0.1, -0.05) is 17.7 Å². The number of rotatable bonds is 5. The van der Waals surface area contributed by atoms with Gasteiger partial charge in [-0.3, -0.25) is 0 Å². The smallest absolute Gasteiger partial charge is 0.320 e. The minimum absolute atomic E-state index is 0.0225. The number of halogens is 3. The molecule has 0 spiro atoms. The number of nitrogens with zero attached hydrogens (tertiary/aromatic N) is 4. The van der Waals surface area contributed by atoms with Gasteiger partial charge < -0.3 is 14.5 Å². The molecule has 2 aliphatic rings. The molecule has 0 bridgehead atoms. The van der Waals surface area contributed by atoms with Gasteiger partial charge in [0.15, 0.2) is 11.6 Å². The SMILES string of the molecule is CS(=O)N1CCN(C(=O)N2CCC(COc3ccc(Cl)cn3)[C@@H](c3ccc(F)c(F)c3)C2)CC1. The molecular formula is C23H27ClF2N4O3S. The Kier molecular flexibility index (Phi) is 8.00. The van der Waals surface area contributed by atoms with E-state index < -0.39 is 22.6 Å². The van der Waals surface area contributed by atoms with Crippen LogP contribution in [0.25, 0.3) is 0 Å². The number of ether oxygens (including phenoxy) is 1. The number of hydrogen-bond donors (Lipinski definition) is 0. The van der Waals surface area contributed by atoms with Crippen molar-refractivity contribution in [3.63, 3.8) is 0 Å². The van der Waals surface area contributed by atoms with Crippen molar-refractivity contribution in [2.45, 2.75) is 12.3 Å². The minimum atomic E-state index is -1.05. The van der Waals surface area contributed by atoms with Crippen molar-refractivity contribution < 1.29 is 22.5 Å². The van der Waals surface area contributed by atoms with E-state index in [4.69, 9.17) is 16.3 Å². The van der Waals surface area contributed by atoms with Crippen LogP contribution in [0.15, 0.2) is 36.5 Å². The van der Waals surface area contributed by atoms with E-state index in [1.807, 2.05) is 4.31 Å². The van der Waals surface area contributed by atoms with Crippen molar-refractivity contribution in [1.29, 1.82) is 0 Å². The maximum atomic E-state index is 14.1. The number of hydrogen-bond acceptors (Lipinski definition) is 4. The molecule has 34 heavy (non-hydrogen) atoms. The number of carbonyl (C=O) groups excluding carboxylic acids is 1. The zero-order valence-electron chi connectivity index (χ0n) is 18.8. The molecule has 7 nitrogen and oxygen atoms in total. The van der Waals surface area contributed by atoms with Gasteiger partial charge in [-0.2, -0.15) is 0 Å². The standard InChI is InChI=1S/C23H27ClF2N4O3S/c1-34(32)30-10-8-28(9-11-30)23(31)29-7-6-17(15-33-22-5-3-18(24)13-27-22)19(14-29)16-2-4-20(25)21(26)12-16/h2-5,12-13,17,19H,6-11,14-15H2,1H3/t17?,19-,34?/m1/s1. The summed E-state index contributed by atoms with van der Waals surface area (Å²) in [6, 6.07) is 7.17. The highest BCUT2D eigenvalue weighted by molar-refractivity contribution is 7.81. The molecule has 2 aliphatic heterocycles. The molecule has 2 fully saturated rings. The van der Waals surface area contributed by atoms with Crippen LogP contribution in [0.2, 0.25) is 5.02 Å². The third-order valence-corrected chi connectivity index (χ3v) is 7.73. The van der Waals surface area contributed by atoms with Crippen LogP contribution in [0.4, 0.5) is 13.6 Å². The number of aromatic nitrogens is 1. The van der Waals surface area contributed by atoms with Gasteiger partial charge in [-0.25, -0.2) is 27.1 Å². The maximum absolute atomic E-state index is 14.1. The van der Waals surface area contributed by atoms with Gasteiger partial charge in [0.1, 0.15) is 0 Å². The Balaban J connectivity index is 1.47. The number of piperazine rings is 1. The maximum Gasteiger partial charge on any atom is 0.320 e. The predicted molar refractivity (Wildman–Crippen MR) is 126 cm³/mol. The van der Waals surface area contributed by atoms with Gasteiger partial charge in [-0.15, -0.1) is 0 Å². The van der Waals surface area contributed by atoms with Crippen LogP contribution in [0.1, 0.15) is 17.9 Å². The summed E-state index contributed by atoms with van der Waals surface area (Å²) < 4.78 is 47.0. The molecule has 184 valence electrons. The van der Waals surface area contributed by atoms with E-state index in [1.165, 1.54) is 12.3 Å². The summed E-state index contributed by atoms with van der Waals surface area (Å²) in [5.41, 5.74) is 0.625. The molecule has 3 heterocycles. The van der Waals surface area contributed by atoms with Crippen LogP contribution in [0, 0.1) is 17.6 Å². The molecule has 1 aromatic heterocycles. The highest BCUT2D eigenvalue weighted by Crippen LogP contribution is 2.34. The molecule has 0 aliphatic carbocycles. The molecule has 11 heteroatoms. The van der Waals surface area contributed by atoms with Crippen LogP contribution in [0.5, 0.6) is 5.88 Å². The van der Waals surface area contributed by atoms with Crippen molar-refractivity contribution in [2.75, 3.05) is 52.1 Å². The molecule has 0 saturated carbocycles. The molecule has 3 atom stereocenters. The van der Waals surface area contributed by atoms with E-state index in [9.17, 15) is 17.8 Å². The Labute approximate surface area is 205 Å². The quantitative estimate of drug-likeness (QED) is 0.615. The summed E-state index contributed by atoms with van der Waals surface area (Å²) in [5.74, 6) is -1.64. The van der Waals surface area contributed by atoms with Gasteiger partial charge in [0.05, 0.1) is 22.6 Å². The number of amides is 2. The van der Waals surface area contributed by atoms with Gasteiger partial charge in [0, 0.05) is 69.6 Å². The monoisotopic (exact) mass is 512 g/mol. The van der Waals surface area contributed by atoms with Crippen LogP contribution in [-0.2, 0) is 11.0 Å². The molecule has 0 N–H and O–H groups in total. The first-order valence-corrected chi connectivity index (χ1v) is 13.0. The zero-order valence-corrected chi connectivity index (χ0v) is 20.4. The van der Waals surface area contributed by atoms with Crippen molar-refractivity contribution in [2.24, 2.45) is 5.92 Å². The largest absolute Gasteiger partial charge is 0.477 e.